The van der Waals surface area contributed by atoms with Gasteiger partial charge < -0.3 is 23.9 Å². The molecule has 0 aliphatic carbocycles. The third kappa shape index (κ3) is 5.04. The van der Waals surface area contributed by atoms with E-state index >= 15 is 0 Å². The first-order valence-electron chi connectivity index (χ1n) is 12.8. The van der Waals surface area contributed by atoms with Crippen molar-refractivity contribution >= 4 is 32.6 Å². The largest absolute Gasteiger partial charge is 0.457 e. The Kier molecular flexibility index (Phi) is 6.64. The van der Waals surface area contributed by atoms with Crippen molar-refractivity contribution in [3.63, 3.8) is 0 Å². The number of carbonyl (C=O) groups excluding carboxylic acids is 1. The lowest BCUT2D eigenvalue weighted by molar-refractivity contribution is -0.179. The Balaban J connectivity index is 1.17. The van der Waals surface area contributed by atoms with Gasteiger partial charge in [0.2, 0.25) is 10.0 Å². The molecule has 1 amide bonds. The van der Waals surface area contributed by atoms with Gasteiger partial charge in [-0.1, -0.05) is 18.2 Å². The molecule has 4 aromatic rings. The molecule has 2 aliphatic rings. The number of benzene rings is 3. The zero-order valence-electron chi connectivity index (χ0n) is 21.4. The van der Waals surface area contributed by atoms with E-state index in [1.807, 2.05) is 30.3 Å². The van der Waals surface area contributed by atoms with E-state index in [1.54, 1.807) is 43.3 Å². The van der Waals surface area contributed by atoms with Gasteiger partial charge in [0.15, 0.2) is 11.5 Å². The lowest BCUT2D eigenvalue weighted by atomic mass is 10.1. The Morgan fingerprint density at radius 3 is 2.28 bits per heavy atom. The molecule has 2 saturated heterocycles. The van der Waals surface area contributed by atoms with Crippen LogP contribution in [-0.2, 0) is 19.5 Å². The summed E-state index contributed by atoms with van der Waals surface area (Å²) >= 11 is 0. The fourth-order valence-electron chi connectivity index (χ4n) is 5.00. The third-order valence-corrected chi connectivity index (χ3v) is 9.04. The number of hydrogen-bond acceptors (Lipinski definition) is 7. The van der Waals surface area contributed by atoms with Crippen molar-refractivity contribution in [1.29, 1.82) is 0 Å². The topological polar surface area (TPSA) is 107 Å². The van der Waals surface area contributed by atoms with E-state index in [4.69, 9.17) is 18.6 Å². The van der Waals surface area contributed by atoms with E-state index in [0.717, 1.165) is 5.75 Å². The average molecular weight is 549 g/mol. The number of anilines is 1. The molecular weight excluding hydrogens is 520 g/mol. The first kappa shape index (κ1) is 25.6. The van der Waals surface area contributed by atoms with Crippen LogP contribution in [0.4, 0.5) is 5.69 Å². The Morgan fingerprint density at radius 2 is 1.59 bits per heavy atom. The smallest absolute Gasteiger partial charge is 0.291 e. The van der Waals surface area contributed by atoms with Crippen molar-refractivity contribution in [2.75, 3.05) is 31.6 Å². The molecule has 0 atom stereocenters. The van der Waals surface area contributed by atoms with Gasteiger partial charge in [-0.2, -0.15) is 4.31 Å². The van der Waals surface area contributed by atoms with Crippen molar-refractivity contribution in [3.8, 4) is 11.5 Å². The van der Waals surface area contributed by atoms with Crippen molar-refractivity contribution in [3.05, 3.63) is 84.1 Å². The molecule has 39 heavy (non-hydrogen) atoms. The molecule has 2 aliphatic heterocycles. The molecule has 1 spiro atoms. The normalized spacial score (nSPS) is 17.5. The molecule has 202 valence electrons. The predicted molar refractivity (Wildman–Crippen MR) is 144 cm³/mol. The van der Waals surface area contributed by atoms with Crippen molar-refractivity contribution in [2.24, 2.45) is 0 Å². The summed E-state index contributed by atoms with van der Waals surface area (Å²) in [6.07, 6.45) is 0.978. The van der Waals surface area contributed by atoms with E-state index in [9.17, 15) is 13.2 Å². The average Bonchev–Trinajstić information content (AvgIpc) is 3.54. The van der Waals surface area contributed by atoms with Crippen LogP contribution >= 0.6 is 0 Å². The minimum absolute atomic E-state index is 0.125. The monoisotopic (exact) mass is 548 g/mol. The quantitative estimate of drug-likeness (QED) is 0.348. The molecule has 2 fully saturated rings. The summed E-state index contributed by atoms with van der Waals surface area (Å²) in [7, 11) is -3.73. The number of furan rings is 1. The Hall–Kier alpha value is -3.70. The molecule has 6 rings (SSSR count). The van der Waals surface area contributed by atoms with Crippen LogP contribution in [0.25, 0.3) is 11.0 Å². The van der Waals surface area contributed by atoms with Gasteiger partial charge in [0.05, 0.1) is 18.1 Å². The summed E-state index contributed by atoms with van der Waals surface area (Å²) in [4.78, 5) is 13.2. The van der Waals surface area contributed by atoms with Gasteiger partial charge in [0.1, 0.15) is 17.1 Å². The highest BCUT2D eigenvalue weighted by atomic mass is 32.2. The number of piperidine rings is 1. The van der Waals surface area contributed by atoms with Crippen LogP contribution in [0.2, 0.25) is 0 Å². The maximum Gasteiger partial charge on any atom is 0.291 e. The van der Waals surface area contributed by atoms with Crippen molar-refractivity contribution in [1.82, 2.24) is 4.31 Å². The van der Waals surface area contributed by atoms with Crippen LogP contribution in [0.5, 0.6) is 11.5 Å². The number of sulfonamides is 1. The minimum atomic E-state index is -3.73. The summed E-state index contributed by atoms with van der Waals surface area (Å²) < 4.78 is 51.3. The third-order valence-electron chi connectivity index (χ3n) is 7.14. The standard InChI is InChI=1S/C29H28N2O7S/c1-20-25-19-24(39(33,34)31-15-13-29(14-16-31)35-17-18-36-29)11-12-26(25)38-27(20)28(32)30-21-7-9-23(10-8-21)37-22-5-3-2-4-6-22/h2-12,19H,13-18H2,1H3,(H,30,32). The molecule has 1 aromatic heterocycles. The number of amides is 1. The van der Waals surface area contributed by atoms with E-state index in [0.29, 0.717) is 67.1 Å². The molecule has 0 saturated carbocycles. The van der Waals surface area contributed by atoms with E-state index in [1.165, 1.54) is 10.4 Å². The summed E-state index contributed by atoms with van der Waals surface area (Å²) in [5.74, 6) is 0.395. The molecule has 0 radical (unpaired) electrons. The zero-order chi connectivity index (χ0) is 27.0. The predicted octanol–water partition coefficient (Wildman–Crippen LogP) is 5.31. The second kappa shape index (κ2) is 10.1. The van der Waals surface area contributed by atoms with Gasteiger partial charge >= 0.3 is 0 Å². The first-order chi connectivity index (χ1) is 18.8. The zero-order valence-corrected chi connectivity index (χ0v) is 22.2. The first-order valence-corrected chi connectivity index (χ1v) is 14.2. The van der Waals surface area contributed by atoms with Gasteiger partial charge in [-0.05, 0) is 61.5 Å². The number of nitrogens with zero attached hydrogens (tertiary/aromatic N) is 1. The number of rotatable bonds is 6. The number of fused-ring (bicyclic) bond motifs is 1. The summed E-state index contributed by atoms with van der Waals surface area (Å²) in [5, 5.41) is 3.41. The van der Waals surface area contributed by atoms with Crippen LogP contribution in [0.1, 0.15) is 29.0 Å². The molecular formula is C29H28N2O7S. The van der Waals surface area contributed by atoms with Gasteiger partial charge in [0, 0.05) is 42.6 Å². The van der Waals surface area contributed by atoms with Crippen molar-refractivity contribution < 1.29 is 31.8 Å². The van der Waals surface area contributed by atoms with E-state index in [2.05, 4.69) is 5.32 Å². The number of hydrogen-bond donors (Lipinski definition) is 1. The second-order valence-electron chi connectivity index (χ2n) is 9.62. The number of nitrogens with one attached hydrogen (secondary N) is 1. The van der Waals surface area contributed by atoms with Crippen LogP contribution in [0.3, 0.4) is 0 Å². The van der Waals surface area contributed by atoms with Crippen LogP contribution in [-0.4, -0.2) is 50.7 Å². The van der Waals surface area contributed by atoms with Crippen molar-refractivity contribution in [2.45, 2.75) is 30.4 Å². The summed E-state index contributed by atoms with van der Waals surface area (Å²) in [6, 6.07) is 21.1. The molecule has 3 aromatic carbocycles. The van der Waals surface area contributed by atoms with Gasteiger partial charge in [0.25, 0.3) is 5.91 Å². The highest BCUT2D eigenvalue weighted by molar-refractivity contribution is 7.89. The van der Waals surface area contributed by atoms with Gasteiger partial charge in [-0.25, -0.2) is 8.42 Å². The highest BCUT2D eigenvalue weighted by Crippen LogP contribution is 2.35. The number of ether oxygens (including phenoxy) is 3. The summed E-state index contributed by atoms with van der Waals surface area (Å²) in [6.45, 7) is 3.44. The molecule has 9 nitrogen and oxygen atoms in total. The van der Waals surface area contributed by atoms with Gasteiger partial charge in [-0.3, -0.25) is 4.79 Å². The van der Waals surface area contributed by atoms with Crippen LogP contribution < -0.4 is 10.1 Å². The van der Waals surface area contributed by atoms with E-state index in [-0.39, 0.29) is 10.7 Å². The Morgan fingerprint density at radius 1 is 0.923 bits per heavy atom. The molecule has 0 bridgehead atoms. The van der Waals surface area contributed by atoms with Gasteiger partial charge in [-0.15, -0.1) is 0 Å². The lowest BCUT2D eigenvalue weighted by Crippen LogP contribution is -2.47. The maximum absolute atomic E-state index is 13.4. The Labute approximate surface area is 226 Å². The SMILES string of the molecule is Cc1c(C(=O)Nc2ccc(Oc3ccccc3)cc2)oc2ccc(S(=O)(=O)N3CCC4(CC3)OCCO4)cc12. The summed E-state index contributed by atoms with van der Waals surface area (Å²) in [5.41, 5.74) is 1.57. The highest BCUT2D eigenvalue weighted by Gasteiger charge is 2.42. The van der Waals surface area contributed by atoms with Crippen LogP contribution in [0, 0.1) is 6.92 Å². The maximum atomic E-state index is 13.4. The van der Waals surface area contributed by atoms with E-state index < -0.39 is 21.7 Å². The lowest BCUT2D eigenvalue weighted by Gasteiger charge is -2.36. The molecule has 1 N–H and O–H groups in total. The minimum Gasteiger partial charge on any atom is -0.457 e. The number of para-hydroxylation sites is 1. The fourth-order valence-corrected chi connectivity index (χ4v) is 6.47. The molecule has 3 heterocycles. The Bertz CT molecular complexity index is 1600. The fraction of sp³-hybridized carbons (Fsp3) is 0.276. The number of aryl methyl sites for hydroxylation is 1. The van der Waals surface area contributed by atoms with Crippen LogP contribution in [0.15, 0.2) is 82.1 Å². The number of carbonyl (C=O) groups is 1. The molecule has 0 unspecified atom stereocenters. The molecule has 10 heteroatoms. The second-order valence-corrected chi connectivity index (χ2v) is 11.6.